The third-order valence-electron chi connectivity index (χ3n) is 3.14. The summed E-state index contributed by atoms with van der Waals surface area (Å²) in [6, 6.07) is 12.9. The van der Waals surface area contributed by atoms with Crippen LogP contribution >= 0.6 is 0 Å². The Morgan fingerprint density at radius 3 is 2.78 bits per heavy atom. The lowest BCUT2D eigenvalue weighted by Gasteiger charge is -2.10. The maximum atomic E-state index is 11.7. The first-order chi connectivity index (χ1) is 11.2. The second-order valence-electron chi connectivity index (χ2n) is 4.99. The largest absolute Gasteiger partial charge is 0.459 e. The van der Waals surface area contributed by atoms with Gasteiger partial charge in [-0.1, -0.05) is 30.3 Å². The first-order valence-electron chi connectivity index (χ1n) is 7.14. The van der Waals surface area contributed by atoms with Gasteiger partial charge >= 0.3 is 5.76 Å². The smallest absolute Gasteiger partial charge is 0.437 e. The van der Waals surface area contributed by atoms with Crippen LogP contribution < -0.4 is 5.76 Å². The van der Waals surface area contributed by atoms with E-state index in [-0.39, 0.29) is 19.0 Å². The van der Waals surface area contributed by atoms with Crippen LogP contribution in [-0.4, -0.2) is 27.6 Å². The molecule has 0 radical (unpaired) electrons. The number of rotatable bonds is 7. The summed E-state index contributed by atoms with van der Waals surface area (Å²) in [4.78, 5) is 11.7. The standard InChI is InChI=1S/C16H16N2O5/c19-13(11-21-10-12-5-2-1-3-6-12)9-18-16(20)23-15(17-18)14-7-4-8-22-14/h1-8,13,19H,9-11H2/t13-/m1/s1. The first-order valence-corrected chi connectivity index (χ1v) is 7.14. The number of ether oxygens (including phenoxy) is 1. The fraction of sp³-hybridized carbons (Fsp3) is 0.250. The van der Waals surface area contributed by atoms with Gasteiger partial charge in [0.05, 0.1) is 32.1 Å². The van der Waals surface area contributed by atoms with Crippen molar-refractivity contribution in [1.29, 1.82) is 0 Å². The zero-order valence-electron chi connectivity index (χ0n) is 12.3. The van der Waals surface area contributed by atoms with E-state index in [0.29, 0.717) is 12.4 Å². The molecule has 2 heterocycles. The van der Waals surface area contributed by atoms with Crippen molar-refractivity contribution in [2.75, 3.05) is 6.61 Å². The molecule has 1 aromatic carbocycles. The van der Waals surface area contributed by atoms with Crippen molar-refractivity contribution >= 4 is 0 Å². The van der Waals surface area contributed by atoms with Crippen molar-refractivity contribution in [3.05, 3.63) is 64.8 Å². The summed E-state index contributed by atoms with van der Waals surface area (Å²) in [5.74, 6) is -0.216. The van der Waals surface area contributed by atoms with Crippen molar-refractivity contribution < 1.29 is 18.7 Å². The molecule has 7 heteroatoms. The number of hydrogen-bond acceptors (Lipinski definition) is 6. The topological polar surface area (TPSA) is 90.6 Å². The van der Waals surface area contributed by atoms with Crippen LogP contribution in [0.15, 0.2) is 62.4 Å². The number of aliphatic hydroxyl groups excluding tert-OH is 1. The summed E-state index contributed by atoms with van der Waals surface area (Å²) < 4.78 is 16.6. The monoisotopic (exact) mass is 316 g/mol. The summed E-state index contributed by atoms with van der Waals surface area (Å²) in [7, 11) is 0. The van der Waals surface area contributed by atoms with Gasteiger partial charge in [-0.25, -0.2) is 4.79 Å². The van der Waals surface area contributed by atoms with Crippen LogP contribution in [0.4, 0.5) is 0 Å². The van der Waals surface area contributed by atoms with Gasteiger partial charge in [-0.3, -0.25) is 0 Å². The maximum Gasteiger partial charge on any atom is 0.437 e. The van der Waals surface area contributed by atoms with Crippen LogP contribution in [0.2, 0.25) is 0 Å². The molecule has 0 amide bonds. The number of hydrogen-bond donors (Lipinski definition) is 1. The minimum atomic E-state index is -0.869. The molecule has 0 aliphatic heterocycles. The predicted octanol–water partition coefficient (Wildman–Crippen LogP) is 1.67. The molecule has 23 heavy (non-hydrogen) atoms. The Hall–Kier alpha value is -2.64. The zero-order chi connectivity index (χ0) is 16.1. The zero-order valence-corrected chi connectivity index (χ0v) is 12.3. The highest BCUT2D eigenvalue weighted by molar-refractivity contribution is 5.42. The summed E-state index contributed by atoms with van der Waals surface area (Å²) in [5.41, 5.74) is 1.01. The molecule has 0 saturated heterocycles. The SMILES string of the molecule is O=c1oc(-c2ccco2)nn1C[C@@H](O)COCc1ccccc1. The van der Waals surface area contributed by atoms with Gasteiger partial charge in [-0.05, 0) is 17.7 Å². The molecule has 3 aromatic rings. The van der Waals surface area contributed by atoms with Gasteiger partial charge in [0, 0.05) is 0 Å². The average molecular weight is 316 g/mol. The molecular formula is C16H16N2O5. The Balaban J connectivity index is 1.54. The van der Waals surface area contributed by atoms with E-state index in [0.717, 1.165) is 10.2 Å². The number of benzene rings is 1. The molecule has 0 spiro atoms. The van der Waals surface area contributed by atoms with E-state index in [2.05, 4.69) is 5.10 Å². The van der Waals surface area contributed by atoms with Crippen molar-refractivity contribution in [1.82, 2.24) is 9.78 Å². The van der Waals surface area contributed by atoms with E-state index < -0.39 is 11.9 Å². The molecule has 0 aliphatic carbocycles. The van der Waals surface area contributed by atoms with Gasteiger partial charge in [-0.2, -0.15) is 4.68 Å². The molecule has 0 fully saturated rings. The van der Waals surface area contributed by atoms with Crippen LogP contribution in [0.3, 0.4) is 0 Å². The summed E-state index contributed by atoms with van der Waals surface area (Å²) >= 11 is 0. The molecule has 0 unspecified atom stereocenters. The quantitative estimate of drug-likeness (QED) is 0.713. The van der Waals surface area contributed by atoms with Crippen LogP contribution in [0, 0.1) is 0 Å². The molecule has 1 N–H and O–H groups in total. The van der Waals surface area contributed by atoms with E-state index in [1.54, 1.807) is 12.1 Å². The minimum absolute atomic E-state index is 0.0160. The highest BCUT2D eigenvalue weighted by Crippen LogP contribution is 2.15. The van der Waals surface area contributed by atoms with E-state index >= 15 is 0 Å². The minimum Gasteiger partial charge on any atom is -0.459 e. The van der Waals surface area contributed by atoms with Crippen LogP contribution in [0.1, 0.15) is 5.56 Å². The van der Waals surface area contributed by atoms with Crippen LogP contribution in [-0.2, 0) is 17.9 Å². The molecule has 3 rings (SSSR count). The van der Waals surface area contributed by atoms with E-state index in [1.165, 1.54) is 6.26 Å². The van der Waals surface area contributed by atoms with Gasteiger partial charge in [0.2, 0.25) is 0 Å². The molecule has 0 aliphatic rings. The van der Waals surface area contributed by atoms with E-state index in [4.69, 9.17) is 13.6 Å². The van der Waals surface area contributed by atoms with Gasteiger partial charge in [0.15, 0.2) is 5.76 Å². The molecule has 0 saturated carbocycles. The Bertz CT molecular complexity index is 776. The van der Waals surface area contributed by atoms with Gasteiger partial charge in [-0.15, -0.1) is 5.10 Å². The van der Waals surface area contributed by atoms with Gasteiger partial charge in [0.1, 0.15) is 0 Å². The molecular weight excluding hydrogens is 300 g/mol. The second-order valence-corrected chi connectivity index (χ2v) is 4.99. The fourth-order valence-electron chi connectivity index (χ4n) is 2.06. The van der Waals surface area contributed by atoms with E-state index in [9.17, 15) is 9.90 Å². The predicted molar refractivity (Wildman–Crippen MR) is 80.6 cm³/mol. The number of nitrogens with zero attached hydrogens (tertiary/aromatic N) is 2. The second kappa shape index (κ2) is 7.08. The molecule has 120 valence electrons. The van der Waals surface area contributed by atoms with Crippen molar-refractivity contribution in [3.63, 3.8) is 0 Å². The van der Waals surface area contributed by atoms with Crippen LogP contribution in [0.25, 0.3) is 11.7 Å². The number of aromatic nitrogens is 2. The highest BCUT2D eigenvalue weighted by atomic mass is 16.5. The summed E-state index contributed by atoms with van der Waals surface area (Å²) in [6.45, 7) is 0.464. The summed E-state index contributed by atoms with van der Waals surface area (Å²) in [6.07, 6.45) is 0.589. The highest BCUT2D eigenvalue weighted by Gasteiger charge is 2.15. The Labute approximate surface area is 131 Å². The normalized spacial score (nSPS) is 12.4. The third-order valence-corrected chi connectivity index (χ3v) is 3.14. The maximum absolute atomic E-state index is 11.7. The van der Waals surface area contributed by atoms with Gasteiger partial charge in [0.25, 0.3) is 5.89 Å². The molecule has 2 aromatic heterocycles. The Kier molecular flexibility index (Phi) is 4.70. The number of aliphatic hydroxyl groups is 1. The van der Waals surface area contributed by atoms with Crippen molar-refractivity contribution in [2.45, 2.75) is 19.3 Å². The van der Waals surface area contributed by atoms with Crippen molar-refractivity contribution in [3.8, 4) is 11.7 Å². The van der Waals surface area contributed by atoms with Gasteiger partial charge < -0.3 is 18.7 Å². The summed E-state index contributed by atoms with van der Waals surface area (Å²) in [5, 5.41) is 13.9. The lowest BCUT2D eigenvalue weighted by molar-refractivity contribution is 0.0178. The molecule has 1 atom stereocenters. The lowest BCUT2D eigenvalue weighted by atomic mass is 10.2. The van der Waals surface area contributed by atoms with Crippen molar-refractivity contribution in [2.24, 2.45) is 0 Å². The third kappa shape index (κ3) is 3.97. The molecule has 7 nitrogen and oxygen atoms in total. The first kappa shape index (κ1) is 15.3. The van der Waals surface area contributed by atoms with Crippen LogP contribution in [0.5, 0.6) is 0 Å². The fourth-order valence-corrected chi connectivity index (χ4v) is 2.06. The Morgan fingerprint density at radius 2 is 2.04 bits per heavy atom. The average Bonchev–Trinajstić information content (AvgIpc) is 3.19. The lowest BCUT2D eigenvalue weighted by Crippen LogP contribution is -2.28. The van der Waals surface area contributed by atoms with E-state index in [1.807, 2.05) is 30.3 Å². The number of furan rings is 1. The molecule has 0 bridgehead atoms. The Morgan fingerprint density at radius 1 is 1.22 bits per heavy atom.